The highest BCUT2D eigenvalue weighted by Crippen LogP contribution is 2.53. The Balaban J connectivity index is 0.880. The van der Waals surface area contributed by atoms with Crippen LogP contribution in [0.25, 0.3) is 88.2 Å². The first-order valence-electron chi connectivity index (χ1n) is 23.8. The number of benzene rings is 9. The van der Waals surface area contributed by atoms with Crippen LogP contribution in [0.5, 0.6) is 0 Å². The summed E-state index contributed by atoms with van der Waals surface area (Å²) in [6.07, 6.45) is 6.96. The van der Waals surface area contributed by atoms with Crippen molar-refractivity contribution in [2.75, 3.05) is 4.90 Å². The first kappa shape index (κ1) is 39.4. The number of hydrogen-bond acceptors (Lipinski definition) is 1. The van der Waals surface area contributed by atoms with Crippen LogP contribution in [0.3, 0.4) is 0 Å². The van der Waals surface area contributed by atoms with Crippen LogP contribution in [-0.4, -0.2) is 4.40 Å². The highest BCUT2D eigenvalue weighted by atomic mass is 15.1. The zero-order valence-corrected chi connectivity index (χ0v) is 38.4. The summed E-state index contributed by atoms with van der Waals surface area (Å²) in [5, 5.41) is 5.22. The maximum absolute atomic E-state index is 2.50. The lowest BCUT2D eigenvalue weighted by Crippen LogP contribution is -2.17. The second kappa shape index (κ2) is 15.1. The molecule has 11 aromatic rings. The number of para-hydroxylation sites is 3. The van der Waals surface area contributed by atoms with Crippen molar-refractivity contribution in [3.63, 3.8) is 0 Å². The highest BCUT2D eigenvalue weighted by molar-refractivity contribution is 6.25. The van der Waals surface area contributed by atoms with Crippen LogP contribution in [0.2, 0.25) is 0 Å². The first-order chi connectivity index (χ1) is 32.8. The van der Waals surface area contributed by atoms with E-state index >= 15 is 0 Å². The molecule has 2 heterocycles. The van der Waals surface area contributed by atoms with Gasteiger partial charge < -0.3 is 9.30 Å². The molecule has 9 aromatic carbocycles. The fourth-order valence-corrected chi connectivity index (χ4v) is 12.0. The second-order valence-corrected chi connectivity index (χ2v) is 19.3. The molecular formula is C65H50N2. The Morgan fingerprint density at radius 1 is 0.433 bits per heavy atom. The van der Waals surface area contributed by atoms with Crippen molar-refractivity contribution in [3.05, 3.63) is 234 Å². The molecule has 320 valence electrons. The number of rotatable bonds is 7. The van der Waals surface area contributed by atoms with E-state index in [0.29, 0.717) is 0 Å². The average Bonchev–Trinajstić information content (AvgIpc) is 3.98. The minimum absolute atomic E-state index is 0.0411. The summed E-state index contributed by atoms with van der Waals surface area (Å²) < 4.78 is 2.50. The number of allylic oxidation sites excluding steroid dienone is 4. The van der Waals surface area contributed by atoms with E-state index in [1.54, 1.807) is 0 Å². The topological polar surface area (TPSA) is 7.65 Å². The Labute approximate surface area is 392 Å². The molecule has 2 nitrogen and oxygen atoms in total. The van der Waals surface area contributed by atoms with Gasteiger partial charge in [0.15, 0.2) is 0 Å². The van der Waals surface area contributed by atoms with Crippen LogP contribution < -0.4 is 4.90 Å². The molecule has 0 atom stereocenters. The third-order valence-electron chi connectivity index (χ3n) is 15.1. The first-order valence-corrected chi connectivity index (χ1v) is 23.8. The van der Waals surface area contributed by atoms with Gasteiger partial charge in [-0.1, -0.05) is 178 Å². The largest absolute Gasteiger partial charge is 0.310 e. The zero-order valence-electron chi connectivity index (χ0n) is 38.4. The molecule has 0 saturated carbocycles. The molecule has 2 aliphatic rings. The molecule has 2 aliphatic carbocycles. The van der Waals surface area contributed by atoms with Gasteiger partial charge in [0, 0.05) is 49.6 Å². The number of hydrogen-bond donors (Lipinski definition) is 0. The van der Waals surface area contributed by atoms with E-state index < -0.39 is 0 Å². The molecule has 0 amide bonds. The number of aryl methyl sites for hydroxylation is 2. The van der Waals surface area contributed by atoms with Crippen LogP contribution in [0.1, 0.15) is 48.9 Å². The maximum atomic E-state index is 2.50. The fourth-order valence-electron chi connectivity index (χ4n) is 12.0. The van der Waals surface area contributed by atoms with E-state index in [-0.39, 0.29) is 5.41 Å². The normalized spacial score (nSPS) is 14.1. The van der Waals surface area contributed by atoms with Gasteiger partial charge in [-0.15, -0.1) is 0 Å². The van der Waals surface area contributed by atoms with Gasteiger partial charge in [-0.25, -0.2) is 0 Å². The quantitative estimate of drug-likeness (QED) is 0.155. The minimum Gasteiger partial charge on any atom is -0.310 e. The summed E-state index contributed by atoms with van der Waals surface area (Å²) in [6, 6.07) is 72.3. The SMILES string of the molecule is Cc1cc(-c2cccc3c4cccc5c6ccccc6n(c23)c54)ccc1-c1ccc(N(c2ccc(-c3ccccc3)cc2)c2ccc(-c3cccc4c3C(C)(C)C3=C4CCC=C3)cc2)cc1C. The van der Waals surface area contributed by atoms with Crippen LogP contribution in [0.15, 0.2) is 212 Å². The molecule has 0 N–H and O–H groups in total. The van der Waals surface area contributed by atoms with Gasteiger partial charge >= 0.3 is 0 Å². The highest BCUT2D eigenvalue weighted by Gasteiger charge is 2.39. The van der Waals surface area contributed by atoms with E-state index in [2.05, 4.69) is 243 Å². The van der Waals surface area contributed by atoms with Gasteiger partial charge in [0.2, 0.25) is 0 Å². The van der Waals surface area contributed by atoms with E-state index in [9.17, 15) is 0 Å². The van der Waals surface area contributed by atoms with Crippen molar-refractivity contribution in [1.82, 2.24) is 4.40 Å². The van der Waals surface area contributed by atoms with Crippen molar-refractivity contribution >= 4 is 60.7 Å². The average molecular weight is 859 g/mol. The molecule has 0 bridgehead atoms. The standard InChI is InChI=1S/C65H50N2/c1-41-39-46(53-20-13-23-58-59-24-14-22-57-55-18-9-11-26-61(55)67(63(53)58)64(57)59)31-37-50(41)51-38-36-49(40-42(51)2)66(47-32-27-44(28-33-47)43-15-6-5-7-16-43)48-34-29-45(30-35-48)52-19-12-21-56-54-17-8-10-25-60(54)65(3,4)62(52)56/h5-7,9-16,18-40H,8,17H2,1-4H3. The van der Waals surface area contributed by atoms with Gasteiger partial charge in [0.05, 0.1) is 16.6 Å². The van der Waals surface area contributed by atoms with E-state index in [4.69, 9.17) is 0 Å². The van der Waals surface area contributed by atoms with Gasteiger partial charge in [-0.2, -0.15) is 0 Å². The number of anilines is 3. The predicted molar refractivity (Wildman–Crippen MR) is 285 cm³/mol. The number of aromatic nitrogens is 1. The molecule has 0 fully saturated rings. The zero-order chi connectivity index (χ0) is 45.0. The summed E-state index contributed by atoms with van der Waals surface area (Å²) in [5.41, 5.74) is 25.6. The molecule has 2 heteroatoms. The molecule has 0 radical (unpaired) electrons. The third-order valence-corrected chi connectivity index (χ3v) is 15.1. The summed E-state index contributed by atoms with van der Waals surface area (Å²) in [6.45, 7) is 9.33. The third kappa shape index (κ3) is 6.02. The molecule has 0 aliphatic heterocycles. The van der Waals surface area contributed by atoms with Gasteiger partial charge in [-0.3, -0.25) is 0 Å². The monoisotopic (exact) mass is 858 g/mol. The number of nitrogens with zero attached hydrogens (tertiary/aromatic N) is 2. The summed E-state index contributed by atoms with van der Waals surface area (Å²) in [7, 11) is 0. The Morgan fingerprint density at radius 2 is 0.985 bits per heavy atom. The Morgan fingerprint density at radius 3 is 1.73 bits per heavy atom. The van der Waals surface area contributed by atoms with Crippen LogP contribution in [0.4, 0.5) is 17.1 Å². The van der Waals surface area contributed by atoms with E-state index in [0.717, 1.165) is 29.9 Å². The van der Waals surface area contributed by atoms with Crippen molar-refractivity contribution in [2.45, 2.75) is 46.0 Å². The smallest absolute Gasteiger partial charge is 0.0620 e. The number of fused-ring (bicyclic) bond motifs is 8. The van der Waals surface area contributed by atoms with E-state index in [1.807, 2.05) is 0 Å². The molecule has 13 rings (SSSR count). The van der Waals surface area contributed by atoms with Crippen LogP contribution in [0, 0.1) is 13.8 Å². The Hall–Kier alpha value is -7.94. The Kier molecular flexibility index (Phi) is 8.86. The predicted octanol–water partition coefficient (Wildman–Crippen LogP) is 18.0. The fraction of sp³-hybridized carbons (Fsp3) is 0.108. The van der Waals surface area contributed by atoms with Gasteiger partial charge in [-0.05, 0) is 141 Å². The molecule has 67 heavy (non-hydrogen) atoms. The molecular weight excluding hydrogens is 809 g/mol. The van der Waals surface area contributed by atoms with Crippen molar-refractivity contribution < 1.29 is 0 Å². The van der Waals surface area contributed by atoms with Crippen molar-refractivity contribution in [2.24, 2.45) is 0 Å². The van der Waals surface area contributed by atoms with Crippen molar-refractivity contribution in [3.8, 4) is 44.5 Å². The molecule has 2 aromatic heterocycles. The van der Waals surface area contributed by atoms with Gasteiger partial charge in [0.1, 0.15) is 0 Å². The van der Waals surface area contributed by atoms with Crippen molar-refractivity contribution in [1.29, 1.82) is 0 Å². The Bertz CT molecular complexity index is 3820. The lowest BCUT2D eigenvalue weighted by atomic mass is 9.77. The molecule has 0 saturated heterocycles. The van der Waals surface area contributed by atoms with E-state index in [1.165, 1.54) is 116 Å². The second-order valence-electron chi connectivity index (χ2n) is 19.3. The van der Waals surface area contributed by atoms with Crippen LogP contribution in [-0.2, 0) is 5.41 Å². The lowest BCUT2D eigenvalue weighted by Gasteiger charge is -2.28. The van der Waals surface area contributed by atoms with Gasteiger partial charge in [0.25, 0.3) is 0 Å². The minimum atomic E-state index is -0.0411. The summed E-state index contributed by atoms with van der Waals surface area (Å²) >= 11 is 0. The molecule has 0 unspecified atom stereocenters. The summed E-state index contributed by atoms with van der Waals surface area (Å²) in [5.74, 6) is 0. The summed E-state index contributed by atoms with van der Waals surface area (Å²) in [4.78, 5) is 2.41. The lowest BCUT2D eigenvalue weighted by molar-refractivity contribution is 0.653. The molecule has 0 spiro atoms. The maximum Gasteiger partial charge on any atom is 0.0620 e. The van der Waals surface area contributed by atoms with Crippen LogP contribution >= 0.6 is 0 Å².